The molecule has 0 aliphatic heterocycles. The second-order valence-electron chi connectivity index (χ2n) is 2.90. The van der Waals surface area contributed by atoms with E-state index >= 15 is 0 Å². The first-order valence-electron chi connectivity index (χ1n) is 3.93. The Hall–Kier alpha value is -2.12. The highest BCUT2D eigenvalue weighted by Crippen LogP contribution is 2.38. The lowest BCUT2D eigenvalue weighted by atomic mass is 10.1. The molecule has 8 heteroatoms. The summed E-state index contributed by atoms with van der Waals surface area (Å²) in [6, 6.07) is 1.09. The van der Waals surface area contributed by atoms with Gasteiger partial charge in [0.1, 0.15) is 5.56 Å². The zero-order chi connectivity index (χ0) is 12.5. The largest absolute Gasteiger partial charge is 0.423 e. The molecular weight excluding hydrogens is 227 g/mol. The number of alkyl halides is 3. The van der Waals surface area contributed by atoms with Gasteiger partial charge in [-0.15, -0.1) is 0 Å². The van der Waals surface area contributed by atoms with E-state index < -0.39 is 22.4 Å². The highest BCUT2D eigenvalue weighted by Gasteiger charge is 2.38. The van der Waals surface area contributed by atoms with Crippen molar-refractivity contribution < 1.29 is 18.1 Å². The van der Waals surface area contributed by atoms with Crippen LogP contribution in [-0.2, 0) is 6.18 Å². The van der Waals surface area contributed by atoms with Gasteiger partial charge in [-0.05, 0) is 6.07 Å². The summed E-state index contributed by atoms with van der Waals surface area (Å²) in [6.45, 7) is 0. The molecule has 0 radical (unpaired) electrons. The average molecular weight is 233 g/mol. The van der Waals surface area contributed by atoms with Crippen molar-refractivity contribution in [3.05, 3.63) is 33.4 Å². The molecule has 0 atom stereocenters. The molecule has 0 fully saturated rings. The topological polar surface area (TPSA) is 93.0 Å². The first kappa shape index (κ1) is 12.0. The molecule has 0 saturated carbocycles. The van der Waals surface area contributed by atoms with Gasteiger partial charge in [-0.2, -0.15) is 13.2 Å². The molecule has 0 spiro atoms. The van der Waals surface area contributed by atoms with Crippen molar-refractivity contribution in [3.63, 3.8) is 0 Å². The van der Waals surface area contributed by atoms with Crippen LogP contribution in [0.15, 0.2) is 12.1 Å². The van der Waals surface area contributed by atoms with E-state index in [2.05, 4.69) is 0 Å². The van der Waals surface area contributed by atoms with Crippen LogP contribution in [0, 0.1) is 15.5 Å². The molecule has 5 nitrogen and oxygen atoms in total. The van der Waals surface area contributed by atoms with Crippen LogP contribution in [0.2, 0.25) is 0 Å². The number of nitro benzene ring substituents is 1. The standard InChI is InChI=1S/C8H6F3N3O2/c9-8(10,11)5-2-6(13)4(3-12)1-7(5)14(15)16/h1-3,12H,13H2. The van der Waals surface area contributed by atoms with Crippen molar-refractivity contribution in [2.75, 3.05) is 5.73 Å². The number of nitrogens with zero attached hydrogens (tertiary/aromatic N) is 1. The SMILES string of the molecule is N=Cc1cc([N+](=O)[O-])c(C(F)(F)F)cc1N. The van der Waals surface area contributed by atoms with Gasteiger partial charge in [0.2, 0.25) is 0 Å². The molecule has 0 bridgehead atoms. The summed E-state index contributed by atoms with van der Waals surface area (Å²) in [5.74, 6) is 0. The molecule has 0 aliphatic rings. The third-order valence-corrected chi connectivity index (χ3v) is 1.86. The van der Waals surface area contributed by atoms with Crippen molar-refractivity contribution >= 4 is 17.6 Å². The molecular formula is C8H6F3N3O2. The maximum atomic E-state index is 12.4. The minimum Gasteiger partial charge on any atom is -0.398 e. The van der Waals surface area contributed by atoms with Crippen LogP contribution in [0.25, 0.3) is 0 Å². The summed E-state index contributed by atoms with van der Waals surface area (Å²) in [7, 11) is 0. The van der Waals surface area contributed by atoms with Gasteiger partial charge in [0.25, 0.3) is 5.69 Å². The van der Waals surface area contributed by atoms with E-state index in [0.717, 1.165) is 0 Å². The van der Waals surface area contributed by atoms with Crippen LogP contribution in [-0.4, -0.2) is 11.1 Å². The van der Waals surface area contributed by atoms with Gasteiger partial charge in [-0.3, -0.25) is 10.1 Å². The minimum absolute atomic E-state index is 0.125. The van der Waals surface area contributed by atoms with Gasteiger partial charge >= 0.3 is 6.18 Å². The quantitative estimate of drug-likeness (QED) is 0.355. The molecule has 0 heterocycles. The summed E-state index contributed by atoms with van der Waals surface area (Å²) < 4.78 is 37.2. The fourth-order valence-electron chi connectivity index (χ4n) is 1.12. The maximum Gasteiger partial charge on any atom is 0.423 e. The number of nitrogens with one attached hydrogen (secondary N) is 1. The lowest BCUT2D eigenvalue weighted by Gasteiger charge is -2.09. The number of nitrogens with two attached hydrogens (primary N) is 1. The van der Waals surface area contributed by atoms with E-state index in [0.29, 0.717) is 18.3 Å². The smallest absolute Gasteiger partial charge is 0.398 e. The van der Waals surface area contributed by atoms with Crippen LogP contribution < -0.4 is 5.73 Å². The predicted octanol–water partition coefficient (Wildman–Crippen LogP) is 2.19. The second-order valence-corrected chi connectivity index (χ2v) is 2.90. The Morgan fingerprint density at radius 3 is 2.38 bits per heavy atom. The summed E-state index contributed by atoms with van der Waals surface area (Å²) in [5.41, 5.74) is 2.25. The van der Waals surface area contributed by atoms with Gasteiger partial charge in [0.05, 0.1) is 4.92 Å². The van der Waals surface area contributed by atoms with Crippen molar-refractivity contribution in [2.45, 2.75) is 6.18 Å². The fourth-order valence-corrected chi connectivity index (χ4v) is 1.12. The van der Waals surface area contributed by atoms with Crippen LogP contribution >= 0.6 is 0 Å². The van der Waals surface area contributed by atoms with E-state index in [1.54, 1.807) is 0 Å². The Kier molecular flexibility index (Phi) is 2.84. The molecule has 0 aromatic heterocycles. The van der Waals surface area contributed by atoms with Crippen molar-refractivity contribution in [1.82, 2.24) is 0 Å². The third kappa shape index (κ3) is 2.10. The van der Waals surface area contributed by atoms with E-state index in [-0.39, 0.29) is 11.3 Å². The average Bonchev–Trinajstić information content (AvgIpc) is 2.15. The molecule has 86 valence electrons. The van der Waals surface area contributed by atoms with Gasteiger partial charge in [-0.1, -0.05) is 0 Å². The molecule has 0 amide bonds. The monoisotopic (exact) mass is 233 g/mol. The van der Waals surface area contributed by atoms with Gasteiger partial charge in [0.15, 0.2) is 0 Å². The van der Waals surface area contributed by atoms with E-state index in [1.165, 1.54) is 0 Å². The number of benzene rings is 1. The van der Waals surface area contributed by atoms with Crippen molar-refractivity contribution in [2.24, 2.45) is 0 Å². The van der Waals surface area contributed by atoms with Gasteiger partial charge in [-0.25, -0.2) is 0 Å². The zero-order valence-electron chi connectivity index (χ0n) is 7.71. The predicted molar refractivity (Wildman–Crippen MR) is 50.4 cm³/mol. The lowest BCUT2D eigenvalue weighted by Crippen LogP contribution is -2.10. The molecule has 3 N–H and O–H groups in total. The Morgan fingerprint density at radius 2 is 2.00 bits per heavy atom. The molecule has 0 aliphatic carbocycles. The van der Waals surface area contributed by atoms with Crippen LogP contribution in [0.3, 0.4) is 0 Å². The number of nitro groups is 1. The zero-order valence-corrected chi connectivity index (χ0v) is 7.71. The molecule has 1 rings (SSSR count). The number of hydrogen-bond acceptors (Lipinski definition) is 4. The molecule has 1 aromatic rings. The van der Waals surface area contributed by atoms with E-state index in [9.17, 15) is 23.3 Å². The molecule has 0 unspecified atom stereocenters. The number of nitrogen functional groups attached to an aromatic ring is 1. The molecule has 1 aromatic carbocycles. The summed E-state index contributed by atoms with van der Waals surface area (Å²) in [5, 5.41) is 17.3. The van der Waals surface area contributed by atoms with Crippen LogP contribution in [0.5, 0.6) is 0 Å². The fraction of sp³-hybridized carbons (Fsp3) is 0.125. The highest BCUT2D eigenvalue weighted by molar-refractivity contribution is 5.86. The number of hydrogen-bond donors (Lipinski definition) is 2. The summed E-state index contributed by atoms with van der Waals surface area (Å²) in [4.78, 5) is 9.28. The Bertz CT molecular complexity index is 457. The molecule has 0 saturated heterocycles. The number of halogens is 3. The van der Waals surface area contributed by atoms with Crippen LogP contribution in [0.4, 0.5) is 24.5 Å². The summed E-state index contributed by atoms with van der Waals surface area (Å²) in [6.07, 6.45) is -4.19. The van der Waals surface area contributed by atoms with Crippen LogP contribution in [0.1, 0.15) is 11.1 Å². The third-order valence-electron chi connectivity index (χ3n) is 1.86. The maximum absolute atomic E-state index is 12.4. The number of anilines is 1. The van der Waals surface area contributed by atoms with E-state index in [1.807, 2.05) is 0 Å². The summed E-state index contributed by atoms with van der Waals surface area (Å²) >= 11 is 0. The first-order valence-corrected chi connectivity index (χ1v) is 3.93. The van der Waals surface area contributed by atoms with Crippen molar-refractivity contribution in [1.29, 1.82) is 5.41 Å². The minimum atomic E-state index is -4.85. The van der Waals surface area contributed by atoms with E-state index in [4.69, 9.17) is 11.1 Å². The normalized spacial score (nSPS) is 11.2. The van der Waals surface area contributed by atoms with Gasteiger partial charge < -0.3 is 11.1 Å². The highest BCUT2D eigenvalue weighted by atomic mass is 19.4. The Morgan fingerprint density at radius 1 is 1.44 bits per heavy atom. The Balaban J connectivity index is 3.55. The van der Waals surface area contributed by atoms with Gasteiger partial charge in [0, 0.05) is 23.5 Å². The van der Waals surface area contributed by atoms with Crippen molar-refractivity contribution in [3.8, 4) is 0 Å². The lowest BCUT2D eigenvalue weighted by molar-refractivity contribution is -0.388. The first-order chi connectivity index (χ1) is 7.27. The number of rotatable bonds is 2. The Labute approximate surface area is 87.3 Å². The molecule has 16 heavy (non-hydrogen) atoms. The second kappa shape index (κ2) is 3.80.